The molecule has 3 rings (SSSR count). The maximum atomic E-state index is 12.8. The van der Waals surface area contributed by atoms with Crippen LogP contribution < -0.4 is 10.6 Å². The van der Waals surface area contributed by atoms with Crippen LogP contribution in [0.4, 0.5) is 0 Å². The first-order valence-electron chi connectivity index (χ1n) is 8.62. The van der Waals surface area contributed by atoms with E-state index >= 15 is 0 Å². The average molecular weight is 343 g/mol. The summed E-state index contributed by atoms with van der Waals surface area (Å²) in [5.41, 5.74) is 3.40. The molecule has 0 saturated heterocycles. The first-order valence-corrected chi connectivity index (χ1v) is 9.50. The number of nitrogens with one attached hydrogen (secondary N) is 2. The van der Waals surface area contributed by atoms with Crippen molar-refractivity contribution in [2.24, 2.45) is 5.41 Å². The lowest BCUT2D eigenvalue weighted by molar-refractivity contribution is 0.0903. The Hall–Kier alpha value is -1.65. The fraction of sp³-hybridized carbons (Fsp3) is 0.450. The highest BCUT2D eigenvalue weighted by atomic mass is 32.1. The molecule has 1 atom stereocenters. The topological polar surface area (TPSA) is 41.1 Å². The van der Waals surface area contributed by atoms with Crippen molar-refractivity contribution >= 4 is 17.2 Å². The van der Waals surface area contributed by atoms with Crippen LogP contribution in [0, 0.1) is 5.41 Å². The normalized spacial score (nSPS) is 16.1. The van der Waals surface area contributed by atoms with Gasteiger partial charge < -0.3 is 10.6 Å². The summed E-state index contributed by atoms with van der Waals surface area (Å²) in [6, 6.07) is 10.3. The number of benzene rings is 1. The van der Waals surface area contributed by atoms with E-state index in [9.17, 15) is 4.79 Å². The molecule has 1 unspecified atom stereocenters. The van der Waals surface area contributed by atoms with Crippen LogP contribution >= 0.6 is 11.3 Å². The molecule has 2 heterocycles. The Kier molecular flexibility index (Phi) is 5.07. The van der Waals surface area contributed by atoms with Gasteiger partial charge >= 0.3 is 0 Å². The Bertz CT molecular complexity index is 701. The zero-order valence-electron chi connectivity index (χ0n) is 14.7. The molecule has 3 nitrogen and oxygen atoms in total. The molecular weight excluding hydrogens is 316 g/mol. The third kappa shape index (κ3) is 3.87. The molecule has 2 N–H and O–H groups in total. The SMILES string of the molecule is CC(C)(C)C(NC(=O)c1ccc2c(c1)CCNCC2)c1cccs1. The maximum Gasteiger partial charge on any atom is 0.251 e. The number of thiophene rings is 1. The Morgan fingerprint density at radius 1 is 1.17 bits per heavy atom. The highest BCUT2D eigenvalue weighted by Gasteiger charge is 2.29. The summed E-state index contributed by atoms with van der Waals surface area (Å²) in [7, 11) is 0. The minimum atomic E-state index is -0.0316. The predicted octanol–water partition coefficient (Wildman–Crippen LogP) is 3.95. The van der Waals surface area contributed by atoms with Gasteiger partial charge in [0.1, 0.15) is 0 Å². The molecule has 1 amide bonds. The minimum Gasteiger partial charge on any atom is -0.344 e. The van der Waals surface area contributed by atoms with Crippen molar-refractivity contribution in [3.63, 3.8) is 0 Å². The largest absolute Gasteiger partial charge is 0.344 e. The van der Waals surface area contributed by atoms with Crippen molar-refractivity contribution in [1.82, 2.24) is 10.6 Å². The fourth-order valence-electron chi connectivity index (χ4n) is 3.20. The number of hydrogen-bond donors (Lipinski definition) is 2. The monoisotopic (exact) mass is 342 g/mol. The number of fused-ring (bicyclic) bond motifs is 1. The maximum absolute atomic E-state index is 12.8. The van der Waals surface area contributed by atoms with E-state index in [0.29, 0.717) is 0 Å². The van der Waals surface area contributed by atoms with Crippen LogP contribution in [0.2, 0.25) is 0 Å². The van der Waals surface area contributed by atoms with Gasteiger partial charge in [0.25, 0.3) is 5.91 Å². The van der Waals surface area contributed by atoms with E-state index in [2.05, 4.69) is 55.0 Å². The van der Waals surface area contributed by atoms with E-state index < -0.39 is 0 Å². The molecule has 1 aliphatic heterocycles. The molecule has 0 aliphatic carbocycles. The van der Waals surface area contributed by atoms with Crippen molar-refractivity contribution in [2.75, 3.05) is 13.1 Å². The van der Waals surface area contributed by atoms with Crippen molar-refractivity contribution in [2.45, 2.75) is 39.7 Å². The zero-order valence-corrected chi connectivity index (χ0v) is 15.5. The van der Waals surface area contributed by atoms with E-state index in [1.54, 1.807) is 11.3 Å². The Balaban J connectivity index is 1.82. The quantitative estimate of drug-likeness (QED) is 0.887. The molecule has 0 saturated carbocycles. The Morgan fingerprint density at radius 2 is 1.92 bits per heavy atom. The van der Waals surface area contributed by atoms with Crippen LogP contribution in [0.1, 0.15) is 53.2 Å². The van der Waals surface area contributed by atoms with Gasteiger partial charge in [0.2, 0.25) is 0 Å². The predicted molar refractivity (Wildman–Crippen MR) is 101 cm³/mol. The standard InChI is InChI=1S/C20H26N2OS/c1-20(2,3)18(17-5-4-12-24-17)22-19(23)16-7-6-14-8-10-21-11-9-15(14)13-16/h4-7,12-13,18,21H,8-11H2,1-3H3,(H,22,23). The molecule has 0 bridgehead atoms. The summed E-state index contributed by atoms with van der Waals surface area (Å²) in [6.07, 6.45) is 2.03. The summed E-state index contributed by atoms with van der Waals surface area (Å²) in [5, 5.41) is 8.73. The van der Waals surface area contributed by atoms with Crippen LogP contribution in [0.5, 0.6) is 0 Å². The van der Waals surface area contributed by atoms with Gasteiger partial charge in [-0.2, -0.15) is 0 Å². The third-order valence-corrected chi connectivity index (χ3v) is 5.52. The highest BCUT2D eigenvalue weighted by Crippen LogP contribution is 2.35. The van der Waals surface area contributed by atoms with Crippen molar-refractivity contribution in [3.8, 4) is 0 Å². The second-order valence-electron chi connectivity index (χ2n) is 7.52. The smallest absolute Gasteiger partial charge is 0.251 e. The Morgan fingerprint density at radius 3 is 2.58 bits per heavy atom. The summed E-state index contributed by atoms with van der Waals surface area (Å²) < 4.78 is 0. The van der Waals surface area contributed by atoms with Crippen LogP contribution in [0.25, 0.3) is 0 Å². The Labute approximate surface area is 148 Å². The lowest BCUT2D eigenvalue weighted by atomic mass is 9.85. The number of carbonyl (C=O) groups excluding carboxylic acids is 1. The van der Waals surface area contributed by atoms with Gasteiger partial charge in [-0.25, -0.2) is 0 Å². The average Bonchev–Trinajstić information content (AvgIpc) is 2.95. The van der Waals surface area contributed by atoms with Gasteiger partial charge in [0.15, 0.2) is 0 Å². The van der Waals surface area contributed by atoms with Crippen LogP contribution in [0.15, 0.2) is 35.7 Å². The first kappa shape index (κ1) is 17.2. The molecule has 0 spiro atoms. The highest BCUT2D eigenvalue weighted by molar-refractivity contribution is 7.10. The molecule has 4 heteroatoms. The van der Waals surface area contributed by atoms with E-state index in [1.807, 2.05) is 12.1 Å². The van der Waals surface area contributed by atoms with E-state index in [1.165, 1.54) is 16.0 Å². The molecule has 1 aromatic heterocycles. The molecule has 128 valence electrons. The van der Waals surface area contributed by atoms with Gasteiger partial charge in [0, 0.05) is 10.4 Å². The van der Waals surface area contributed by atoms with Crippen LogP contribution in [-0.4, -0.2) is 19.0 Å². The number of hydrogen-bond acceptors (Lipinski definition) is 3. The van der Waals surface area contributed by atoms with Crippen LogP contribution in [0.3, 0.4) is 0 Å². The van der Waals surface area contributed by atoms with Gasteiger partial charge in [0.05, 0.1) is 6.04 Å². The molecule has 24 heavy (non-hydrogen) atoms. The van der Waals surface area contributed by atoms with Crippen LogP contribution in [-0.2, 0) is 12.8 Å². The van der Waals surface area contributed by atoms with E-state index in [0.717, 1.165) is 31.5 Å². The van der Waals surface area contributed by atoms with Gasteiger partial charge in [-0.3, -0.25) is 4.79 Å². The molecular formula is C20H26N2OS. The summed E-state index contributed by atoms with van der Waals surface area (Å²) in [5.74, 6) is 0.0170. The van der Waals surface area contributed by atoms with Gasteiger partial charge in [-0.1, -0.05) is 32.9 Å². The van der Waals surface area contributed by atoms with Crippen molar-refractivity contribution in [3.05, 3.63) is 57.3 Å². The molecule has 1 aromatic carbocycles. The summed E-state index contributed by atoms with van der Waals surface area (Å²) in [6.45, 7) is 8.50. The number of carbonyl (C=O) groups is 1. The minimum absolute atomic E-state index is 0.0170. The van der Waals surface area contributed by atoms with Crippen molar-refractivity contribution < 1.29 is 4.79 Å². The summed E-state index contributed by atoms with van der Waals surface area (Å²) in [4.78, 5) is 14.1. The molecule has 1 aliphatic rings. The number of rotatable bonds is 3. The molecule has 0 fully saturated rings. The lowest BCUT2D eigenvalue weighted by Crippen LogP contribution is -2.36. The second kappa shape index (κ2) is 7.08. The molecule has 0 radical (unpaired) electrons. The van der Waals surface area contributed by atoms with Crippen molar-refractivity contribution in [1.29, 1.82) is 0 Å². The molecule has 2 aromatic rings. The third-order valence-electron chi connectivity index (χ3n) is 4.58. The number of amides is 1. The van der Waals surface area contributed by atoms with E-state index in [-0.39, 0.29) is 17.4 Å². The fourth-order valence-corrected chi connectivity index (χ4v) is 4.22. The second-order valence-corrected chi connectivity index (χ2v) is 8.50. The van der Waals surface area contributed by atoms with E-state index in [4.69, 9.17) is 0 Å². The van der Waals surface area contributed by atoms with Gasteiger partial charge in [-0.15, -0.1) is 11.3 Å². The van der Waals surface area contributed by atoms with Gasteiger partial charge in [-0.05, 0) is 66.1 Å². The summed E-state index contributed by atoms with van der Waals surface area (Å²) >= 11 is 1.70. The first-order chi connectivity index (χ1) is 11.4. The lowest BCUT2D eigenvalue weighted by Gasteiger charge is -2.31. The zero-order chi connectivity index (χ0) is 17.2.